The van der Waals surface area contributed by atoms with Crippen LogP contribution in [0.25, 0.3) is 0 Å². The van der Waals surface area contributed by atoms with Gasteiger partial charge in [-0.15, -0.1) is 0 Å². The van der Waals surface area contributed by atoms with Crippen LogP contribution in [-0.2, 0) is 4.74 Å². The van der Waals surface area contributed by atoms with Crippen molar-refractivity contribution >= 4 is 6.09 Å². The third-order valence-electron chi connectivity index (χ3n) is 2.54. The minimum atomic E-state index is -0.299. The fraction of sp³-hybridized carbons (Fsp3) is 0.667. The second-order valence-corrected chi connectivity index (χ2v) is 4.00. The number of unbranched alkanes of at least 4 members (excludes halogenated alkanes) is 2. The van der Waals surface area contributed by atoms with Crippen LogP contribution in [0.3, 0.4) is 0 Å². The Balaban J connectivity index is 0.00000137. The first-order valence-corrected chi connectivity index (χ1v) is 7.08. The summed E-state index contributed by atoms with van der Waals surface area (Å²) in [7, 11) is 0. The number of rotatable bonds is 6. The van der Waals surface area contributed by atoms with Crippen molar-refractivity contribution in [2.75, 3.05) is 13.2 Å². The van der Waals surface area contributed by atoms with Crippen molar-refractivity contribution in [3.8, 4) is 0 Å². The van der Waals surface area contributed by atoms with Gasteiger partial charge in [0.2, 0.25) is 0 Å². The summed E-state index contributed by atoms with van der Waals surface area (Å²) in [5.74, 6) is 0. The molecule has 1 rings (SSSR count). The van der Waals surface area contributed by atoms with Gasteiger partial charge >= 0.3 is 6.09 Å². The minimum Gasteiger partial charge on any atom is -0.445 e. The van der Waals surface area contributed by atoms with E-state index in [4.69, 9.17) is 4.74 Å². The van der Waals surface area contributed by atoms with Crippen LogP contribution in [0.2, 0.25) is 0 Å². The highest BCUT2D eigenvalue weighted by atomic mass is 16.5. The molecule has 0 saturated heterocycles. The quantitative estimate of drug-likeness (QED) is 0.720. The average Bonchev–Trinajstić information content (AvgIpc) is 2.45. The molecule has 3 nitrogen and oxygen atoms in total. The van der Waals surface area contributed by atoms with Crippen LogP contribution in [0.15, 0.2) is 23.8 Å². The maximum atomic E-state index is 11.3. The van der Waals surface area contributed by atoms with Crippen molar-refractivity contribution in [2.24, 2.45) is 0 Å². The van der Waals surface area contributed by atoms with Gasteiger partial charge in [-0.25, -0.2) is 4.79 Å². The average molecular weight is 253 g/mol. The van der Waals surface area contributed by atoms with E-state index in [-0.39, 0.29) is 6.09 Å². The smallest absolute Gasteiger partial charge is 0.407 e. The summed E-state index contributed by atoms with van der Waals surface area (Å²) in [6.07, 6.45) is 11.2. The third-order valence-corrected chi connectivity index (χ3v) is 2.54. The number of amides is 1. The Labute approximate surface area is 111 Å². The van der Waals surface area contributed by atoms with Gasteiger partial charge in [0.05, 0.1) is 0 Å². The van der Waals surface area contributed by atoms with Gasteiger partial charge in [-0.3, -0.25) is 0 Å². The van der Waals surface area contributed by atoms with Crippen molar-refractivity contribution in [1.82, 2.24) is 5.32 Å². The van der Waals surface area contributed by atoms with Crippen molar-refractivity contribution in [1.29, 1.82) is 0 Å². The second-order valence-electron chi connectivity index (χ2n) is 4.00. The van der Waals surface area contributed by atoms with E-state index in [1.54, 1.807) is 0 Å². The van der Waals surface area contributed by atoms with Gasteiger partial charge in [-0.1, -0.05) is 51.8 Å². The molecule has 1 aliphatic carbocycles. The lowest BCUT2D eigenvalue weighted by molar-refractivity contribution is 0.154. The predicted octanol–water partition coefficient (Wildman–Crippen LogP) is 4.21. The van der Waals surface area contributed by atoms with Gasteiger partial charge < -0.3 is 10.1 Å². The molecule has 0 fully saturated rings. The fourth-order valence-electron chi connectivity index (χ4n) is 1.55. The van der Waals surface area contributed by atoms with Gasteiger partial charge in [0.15, 0.2) is 0 Å². The van der Waals surface area contributed by atoms with E-state index in [9.17, 15) is 4.79 Å². The Morgan fingerprint density at radius 1 is 1.39 bits per heavy atom. The molecule has 0 heterocycles. The minimum absolute atomic E-state index is 0.299. The molecular formula is C15H27NO2. The number of alkyl carbamates (subject to hydrolysis) is 1. The highest BCUT2D eigenvalue weighted by molar-refractivity contribution is 5.67. The molecule has 0 unspecified atom stereocenters. The lowest BCUT2D eigenvalue weighted by atomic mass is 10.1. The van der Waals surface area contributed by atoms with Crippen molar-refractivity contribution < 1.29 is 9.53 Å². The van der Waals surface area contributed by atoms with E-state index in [0.717, 1.165) is 32.1 Å². The third kappa shape index (κ3) is 8.85. The van der Waals surface area contributed by atoms with E-state index < -0.39 is 0 Å². The number of carbonyl (C=O) groups is 1. The first kappa shape index (κ1) is 16.8. The summed E-state index contributed by atoms with van der Waals surface area (Å²) in [6, 6.07) is 0. The lowest BCUT2D eigenvalue weighted by Gasteiger charge is -2.10. The number of allylic oxidation sites excluding steroid dienone is 3. The first-order chi connectivity index (χ1) is 8.83. The molecule has 104 valence electrons. The van der Waals surface area contributed by atoms with Gasteiger partial charge in [-0.2, -0.15) is 0 Å². The number of carbonyl (C=O) groups excluding carboxylic acids is 1. The number of hydrogen-bond acceptors (Lipinski definition) is 2. The highest BCUT2D eigenvalue weighted by Crippen LogP contribution is 2.11. The summed E-state index contributed by atoms with van der Waals surface area (Å²) in [5.41, 5.74) is 1.19. The summed E-state index contributed by atoms with van der Waals surface area (Å²) in [5, 5.41) is 2.75. The molecule has 1 amide bonds. The van der Waals surface area contributed by atoms with Crippen molar-refractivity contribution in [3.63, 3.8) is 0 Å². The summed E-state index contributed by atoms with van der Waals surface area (Å²) in [4.78, 5) is 11.3. The maximum Gasteiger partial charge on any atom is 0.407 e. The Morgan fingerprint density at radius 2 is 2.17 bits per heavy atom. The lowest BCUT2D eigenvalue weighted by Crippen LogP contribution is -2.26. The van der Waals surface area contributed by atoms with Gasteiger partial charge in [0.25, 0.3) is 0 Å². The molecule has 1 N–H and O–H groups in total. The van der Waals surface area contributed by atoms with Crippen LogP contribution in [0.4, 0.5) is 4.79 Å². The van der Waals surface area contributed by atoms with Crippen LogP contribution in [0.1, 0.15) is 52.9 Å². The molecule has 1 aliphatic rings. The molecule has 3 heteroatoms. The topological polar surface area (TPSA) is 38.3 Å². The zero-order valence-electron chi connectivity index (χ0n) is 12.0. The van der Waals surface area contributed by atoms with Crippen LogP contribution in [-0.4, -0.2) is 19.2 Å². The van der Waals surface area contributed by atoms with E-state index in [2.05, 4.69) is 18.3 Å². The van der Waals surface area contributed by atoms with E-state index in [1.165, 1.54) is 5.57 Å². The van der Waals surface area contributed by atoms with E-state index in [0.29, 0.717) is 13.2 Å². The highest BCUT2D eigenvalue weighted by Gasteiger charge is 2.04. The molecule has 0 aromatic carbocycles. The Kier molecular flexibility index (Phi) is 11.4. The maximum absolute atomic E-state index is 11.3. The molecule has 0 atom stereocenters. The van der Waals surface area contributed by atoms with Crippen LogP contribution < -0.4 is 5.32 Å². The standard InChI is InChI=1S/C13H21NO2.C2H6/c1-2-3-7-10-14-13(15)16-11-12-8-5-4-6-9-12;1-2/h4-5,8H,2-3,6-7,9-11H2,1H3,(H,14,15);1-2H3. The molecule has 0 aromatic rings. The zero-order valence-corrected chi connectivity index (χ0v) is 12.0. The Hall–Kier alpha value is -1.25. The van der Waals surface area contributed by atoms with Crippen molar-refractivity contribution in [3.05, 3.63) is 23.8 Å². The van der Waals surface area contributed by atoms with Crippen molar-refractivity contribution in [2.45, 2.75) is 52.9 Å². The van der Waals surface area contributed by atoms with E-state index in [1.807, 2.05) is 26.0 Å². The monoisotopic (exact) mass is 253 g/mol. The molecule has 0 bridgehead atoms. The largest absolute Gasteiger partial charge is 0.445 e. The molecular weight excluding hydrogens is 226 g/mol. The van der Waals surface area contributed by atoms with Crippen LogP contribution in [0, 0.1) is 0 Å². The molecule has 0 spiro atoms. The van der Waals surface area contributed by atoms with Crippen LogP contribution in [0.5, 0.6) is 0 Å². The molecule has 0 radical (unpaired) electrons. The first-order valence-electron chi connectivity index (χ1n) is 7.08. The molecule has 18 heavy (non-hydrogen) atoms. The van der Waals surface area contributed by atoms with Gasteiger partial charge in [0, 0.05) is 6.54 Å². The Morgan fingerprint density at radius 3 is 2.78 bits per heavy atom. The van der Waals surface area contributed by atoms with Crippen LogP contribution >= 0.6 is 0 Å². The van der Waals surface area contributed by atoms with Gasteiger partial charge in [-0.05, 0) is 24.8 Å². The summed E-state index contributed by atoms with van der Waals surface area (Å²) < 4.78 is 5.11. The number of hydrogen-bond donors (Lipinski definition) is 1. The molecule has 0 aliphatic heterocycles. The SMILES string of the molecule is CC.CCCCCNC(=O)OCC1=CC=CCC1. The predicted molar refractivity (Wildman–Crippen MR) is 76.7 cm³/mol. The number of nitrogens with one attached hydrogen (secondary N) is 1. The fourth-order valence-corrected chi connectivity index (χ4v) is 1.55. The Bertz CT molecular complexity index is 270. The summed E-state index contributed by atoms with van der Waals surface area (Å²) >= 11 is 0. The normalized spacial score (nSPS) is 13.2. The van der Waals surface area contributed by atoms with E-state index >= 15 is 0 Å². The zero-order chi connectivity index (χ0) is 13.6. The molecule has 0 saturated carbocycles. The number of ether oxygens (including phenoxy) is 1. The second kappa shape index (κ2) is 12.2. The molecule has 0 aromatic heterocycles. The summed E-state index contributed by atoms with van der Waals surface area (Å²) in [6.45, 7) is 7.27. The van der Waals surface area contributed by atoms with Gasteiger partial charge in [0.1, 0.15) is 6.61 Å².